The summed E-state index contributed by atoms with van der Waals surface area (Å²) >= 11 is 0. The zero-order chi connectivity index (χ0) is 23.1. The van der Waals surface area contributed by atoms with Gasteiger partial charge in [0.25, 0.3) is 0 Å². The third-order valence-electron chi connectivity index (χ3n) is 7.48. The molecule has 1 saturated heterocycles. The highest BCUT2D eigenvalue weighted by Crippen LogP contribution is 2.43. The van der Waals surface area contributed by atoms with Gasteiger partial charge in [0.2, 0.25) is 0 Å². The van der Waals surface area contributed by atoms with E-state index >= 15 is 0 Å². The quantitative estimate of drug-likeness (QED) is 0.439. The predicted molar refractivity (Wildman–Crippen MR) is 131 cm³/mol. The molecule has 0 bridgehead atoms. The van der Waals surface area contributed by atoms with Crippen molar-refractivity contribution in [1.29, 1.82) is 0 Å². The second-order valence-electron chi connectivity index (χ2n) is 12.0. The zero-order valence-electron chi connectivity index (χ0n) is 21.5. The molecule has 1 aliphatic heterocycles. The number of ether oxygens (including phenoxy) is 1. The van der Waals surface area contributed by atoms with E-state index in [1.54, 1.807) is 0 Å². The van der Waals surface area contributed by atoms with Gasteiger partial charge in [0, 0.05) is 23.4 Å². The van der Waals surface area contributed by atoms with Crippen LogP contribution in [0, 0.1) is 13.8 Å². The van der Waals surface area contributed by atoms with Crippen molar-refractivity contribution in [2.45, 2.75) is 116 Å². The molecule has 0 N–H and O–H groups in total. The molecule has 1 fully saturated rings. The first-order chi connectivity index (χ1) is 13.4. The summed E-state index contributed by atoms with van der Waals surface area (Å²) < 4.78 is 20.0. The highest BCUT2D eigenvalue weighted by atomic mass is 28.4. The van der Waals surface area contributed by atoms with Gasteiger partial charge in [0.05, 0.1) is 18.8 Å². The van der Waals surface area contributed by atoms with Crippen LogP contribution >= 0.6 is 0 Å². The summed E-state index contributed by atoms with van der Waals surface area (Å²) in [5, 5.41) is 0.343. The fourth-order valence-electron chi connectivity index (χ4n) is 3.29. The molecular formula is C24H45NO3Si2. The van der Waals surface area contributed by atoms with E-state index in [9.17, 15) is 0 Å². The molecule has 6 heteroatoms. The van der Waals surface area contributed by atoms with Gasteiger partial charge in [-0.15, -0.1) is 0 Å². The molecule has 1 aromatic heterocycles. The van der Waals surface area contributed by atoms with E-state index in [-0.39, 0.29) is 28.4 Å². The molecule has 2 rings (SSSR count). The molecule has 0 spiro atoms. The largest absolute Gasteiger partial charge is 0.414 e. The molecule has 2 heterocycles. The van der Waals surface area contributed by atoms with E-state index in [2.05, 4.69) is 91.8 Å². The molecule has 30 heavy (non-hydrogen) atoms. The Morgan fingerprint density at radius 1 is 0.967 bits per heavy atom. The van der Waals surface area contributed by atoms with Crippen molar-refractivity contribution < 1.29 is 13.6 Å². The third-order valence-corrected chi connectivity index (χ3v) is 16.5. The summed E-state index contributed by atoms with van der Waals surface area (Å²) in [5.74, 6) is 0. The normalized spacial score (nSPS) is 23.8. The standard InChI is InChI=1S/C24H45NO3Si2/c1-17-13-14-19(18(2)25-17)20-15-21(28-30(11,12)24(6,7)8)22(27-20)16-26-29(9,10)23(3,4)5/h13-14,20-22H,15-16H2,1-12H3/t20-,21+,22-/m1/s1. The minimum atomic E-state index is -1.92. The smallest absolute Gasteiger partial charge is 0.192 e. The van der Waals surface area contributed by atoms with Crippen molar-refractivity contribution in [2.24, 2.45) is 0 Å². The molecule has 4 nitrogen and oxygen atoms in total. The lowest BCUT2D eigenvalue weighted by Crippen LogP contribution is -2.48. The number of hydrogen-bond acceptors (Lipinski definition) is 4. The Hall–Kier alpha value is -0.536. The van der Waals surface area contributed by atoms with Crippen LogP contribution in [0.25, 0.3) is 0 Å². The van der Waals surface area contributed by atoms with Gasteiger partial charge in [-0.3, -0.25) is 4.98 Å². The number of nitrogens with zero attached hydrogens (tertiary/aromatic N) is 1. The molecule has 0 aromatic carbocycles. The summed E-state index contributed by atoms with van der Waals surface area (Å²) in [5.41, 5.74) is 3.28. The fraction of sp³-hybridized carbons (Fsp3) is 0.792. The third kappa shape index (κ3) is 5.82. The van der Waals surface area contributed by atoms with Crippen LogP contribution in [-0.2, 0) is 13.6 Å². The first-order valence-electron chi connectivity index (χ1n) is 11.4. The highest BCUT2D eigenvalue weighted by molar-refractivity contribution is 6.74. The molecule has 0 unspecified atom stereocenters. The van der Waals surface area contributed by atoms with Crippen LogP contribution in [0.3, 0.4) is 0 Å². The number of pyridine rings is 1. The van der Waals surface area contributed by atoms with Crippen molar-refractivity contribution >= 4 is 16.6 Å². The van der Waals surface area contributed by atoms with E-state index in [4.69, 9.17) is 13.6 Å². The SMILES string of the molecule is Cc1ccc([C@H]2C[C@H](O[Si](C)(C)C(C)(C)C)[C@@H](CO[Si](C)(C)C(C)(C)C)O2)c(C)n1. The Morgan fingerprint density at radius 3 is 2.03 bits per heavy atom. The van der Waals surface area contributed by atoms with Crippen molar-refractivity contribution in [3.63, 3.8) is 0 Å². The number of rotatable bonds is 6. The van der Waals surface area contributed by atoms with Crippen LogP contribution in [-0.4, -0.2) is 40.4 Å². The fourth-order valence-corrected chi connectivity index (χ4v) is 5.66. The van der Waals surface area contributed by atoms with Crippen LogP contribution in [0.1, 0.15) is 71.0 Å². The first-order valence-corrected chi connectivity index (χ1v) is 17.2. The van der Waals surface area contributed by atoms with Gasteiger partial charge in [0.15, 0.2) is 16.6 Å². The predicted octanol–water partition coefficient (Wildman–Crippen LogP) is 6.94. The van der Waals surface area contributed by atoms with Crippen LogP contribution < -0.4 is 0 Å². The second kappa shape index (κ2) is 8.77. The maximum absolute atomic E-state index is 6.87. The second-order valence-corrected chi connectivity index (χ2v) is 21.6. The zero-order valence-corrected chi connectivity index (χ0v) is 23.5. The average molecular weight is 452 g/mol. The van der Waals surface area contributed by atoms with E-state index in [1.165, 1.54) is 5.56 Å². The number of aryl methyl sites for hydroxylation is 2. The summed E-state index contributed by atoms with van der Waals surface area (Å²) in [6, 6.07) is 4.25. The Balaban J connectivity index is 2.26. The van der Waals surface area contributed by atoms with E-state index in [0.717, 1.165) is 17.8 Å². The Bertz CT molecular complexity index is 735. The maximum Gasteiger partial charge on any atom is 0.192 e. The van der Waals surface area contributed by atoms with Gasteiger partial charge in [-0.2, -0.15) is 0 Å². The lowest BCUT2D eigenvalue weighted by atomic mass is 10.0. The minimum absolute atomic E-state index is 0.0147. The Kier molecular flexibility index (Phi) is 7.52. The summed E-state index contributed by atoms with van der Waals surface area (Å²) in [4.78, 5) is 4.66. The van der Waals surface area contributed by atoms with Crippen molar-refractivity contribution in [1.82, 2.24) is 4.98 Å². The lowest BCUT2D eigenvalue weighted by Gasteiger charge is -2.40. The summed E-state index contributed by atoms with van der Waals surface area (Å²) in [7, 11) is -3.77. The highest BCUT2D eigenvalue weighted by Gasteiger charge is 2.46. The molecule has 0 aliphatic carbocycles. The van der Waals surface area contributed by atoms with Gasteiger partial charge in [-0.05, 0) is 56.2 Å². The monoisotopic (exact) mass is 451 g/mol. The van der Waals surface area contributed by atoms with Crippen LogP contribution in [0.4, 0.5) is 0 Å². The summed E-state index contributed by atoms with van der Waals surface area (Å²) in [6.07, 6.45) is 0.894. The van der Waals surface area contributed by atoms with Gasteiger partial charge >= 0.3 is 0 Å². The van der Waals surface area contributed by atoms with Gasteiger partial charge in [-0.25, -0.2) is 0 Å². The van der Waals surface area contributed by atoms with Gasteiger partial charge in [-0.1, -0.05) is 47.6 Å². The molecule has 1 aromatic rings. The Labute approximate surface area is 187 Å². The lowest BCUT2D eigenvalue weighted by molar-refractivity contribution is -0.0167. The van der Waals surface area contributed by atoms with Gasteiger partial charge < -0.3 is 13.6 Å². The van der Waals surface area contributed by atoms with E-state index < -0.39 is 16.6 Å². The number of hydrogen-bond donors (Lipinski definition) is 0. The van der Waals surface area contributed by atoms with Crippen LogP contribution in [0.15, 0.2) is 12.1 Å². The molecule has 0 radical (unpaired) electrons. The summed E-state index contributed by atoms with van der Waals surface area (Å²) in [6.45, 7) is 27.7. The topological polar surface area (TPSA) is 40.6 Å². The van der Waals surface area contributed by atoms with Crippen molar-refractivity contribution in [3.05, 3.63) is 29.1 Å². The average Bonchev–Trinajstić information content (AvgIpc) is 2.92. The molecule has 172 valence electrons. The Morgan fingerprint density at radius 2 is 1.53 bits per heavy atom. The first kappa shape index (κ1) is 25.7. The van der Waals surface area contributed by atoms with Crippen LogP contribution in [0.5, 0.6) is 0 Å². The molecule has 0 saturated carbocycles. The van der Waals surface area contributed by atoms with E-state index in [1.807, 2.05) is 6.92 Å². The van der Waals surface area contributed by atoms with Gasteiger partial charge in [0.1, 0.15) is 6.10 Å². The molecule has 1 aliphatic rings. The molecule has 3 atom stereocenters. The van der Waals surface area contributed by atoms with Crippen molar-refractivity contribution in [3.8, 4) is 0 Å². The van der Waals surface area contributed by atoms with E-state index in [0.29, 0.717) is 6.61 Å². The molecule has 0 amide bonds. The maximum atomic E-state index is 6.87. The van der Waals surface area contributed by atoms with Crippen LogP contribution in [0.2, 0.25) is 36.3 Å². The van der Waals surface area contributed by atoms with Crippen molar-refractivity contribution in [2.75, 3.05) is 6.61 Å². The molecular weight excluding hydrogens is 406 g/mol. The number of aromatic nitrogens is 1. The minimum Gasteiger partial charge on any atom is -0.414 e.